The second-order valence-corrected chi connectivity index (χ2v) is 17.1. The number of aliphatic hydroxyl groups is 2. The number of aromatic nitrogens is 1. The van der Waals surface area contributed by atoms with Crippen molar-refractivity contribution >= 4 is 28.7 Å². The molecule has 6 N–H and O–H groups in total. The standard InChI is InChI=1S/C52H55N5O9/c58-45-20-18-43(44-19-21-47(60)55-49(44)45)46(59)30-53-29-35-14-16-38(17-15-35)50(62)57-27-24-41(32-57)54-48(61)34-65-42-13-7-12-40(28-42)52(64,39-10-5-2-6-11-39)51(63)66-33-37-22-25-56(26-23-37)31-36-8-3-1-4-9-36/h1-21,28,37,41,46,53,58-59,64H,22-27,29-34H2,(H,54,61)(H,55,60)/t41-,46+,52+/m1/s1. The molecule has 0 bridgehead atoms. The number of ether oxygens (including phenoxy) is 2. The van der Waals surface area contributed by atoms with Crippen LogP contribution in [0.2, 0.25) is 0 Å². The number of amides is 2. The highest BCUT2D eigenvalue weighted by Gasteiger charge is 2.42. The van der Waals surface area contributed by atoms with Crippen molar-refractivity contribution < 1.29 is 39.2 Å². The Labute approximate surface area is 382 Å². The Kier molecular flexibility index (Phi) is 14.5. The molecule has 3 atom stereocenters. The van der Waals surface area contributed by atoms with Gasteiger partial charge in [-0.3, -0.25) is 19.3 Å². The highest BCUT2D eigenvalue weighted by molar-refractivity contribution is 5.94. The number of aliphatic hydroxyl groups excluding tert-OH is 1. The number of phenols is 1. The number of nitrogens with one attached hydrogen (secondary N) is 3. The number of fused-ring (bicyclic) bond motifs is 1. The highest BCUT2D eigenvalue weighted by Crippen LogP contribution is 2.34. The molecule has 5 aromatic carbocycles. The number of piperidine rings is 1. The van der Waals surface area contributed by atoms with E-state index in [2.05, 4.69) is 32.7 Å². The van der Waals surface area contributed by atoms with Gasteiger partial charge in [0.1, 0.15) is 11.5 Å². The smallest absolute Gasteiger partial charge is 0.347 e. The Morgan fingerprint density at radius 1 is 0.803 bits per heavy atom. The third kappa shape index (κ3) is 11.0. The van der Waals surface area contributed by atoms with E-state index in [1.165, 1.54) is 17.7 Å². The number of aromatic amines is 1. The molecule has 14 heteroatoms. The number of phenolic OH excluding ortho intramolecular Hbond substituents is 1. The molecule has 2 fully saturated rings. The number of nitrogens with zero attached hydrogens (tertiary/aromatic N) is 2. The van der Waals surface area contributed by atoms with Gasteiger partial charge in [0.15, 0.2) is 6.61 Å². The van der Waals surface area contributed by atoms with E-state index >= 15 is 0 Å². The number of benzene rings is 5. The van der Waals surface area contributed by atoms with E-state index in [9.17, 15) is 34.5 Å². The van der Waals surface area contributed by atoms with Crippen molar-refractivity contribution in [2.75, 3.05) is 45.9 Å². The number of rotatable bonds is 17. The molecule has 6 aromatic rings. The average molecular weight is 894 g/mol. The van der Waals surface area contributed by atoms with E-state index in [4.69, 9.17) is 9.47 Å². The molecule has 0 radical (unpaired) electrons. The topological polar surface area (TPSA) is 194 Å². The first kappa shape index (κ1) is 45.7. The fraction of sp³-hybridized carbons (Fsp3) is 0.308. The van der Waals surface area contributed by atoms with E-state index in [1.54, 1.807) is 83.8 Å². The van der Waals surface area contributed by atoms with Crippen LogP contribution in [0.3, 0.4) is 0 Å². The molecule has 2 saturated heterocycles. The van der Waals surface area contributed by atoms with Crippen LogP contribution >= 0.6 is 0 Å². The molecule has 2 aliphatic rings. The van der Waals surface area contributed by atoms with Crippen LogP contribution in [-0.2, 0) is 33.0 Å². The van der Waals surface area contributed by atoms with Gasteiger partial charge >= 0.3 is 5.97 Å². The molecule has 0 aliphatic carbocycles. The molecular weight excluding hydrogens is 839 g/mol. The van der Waals surface area contributed by atoms with Crippen LogP contribution in [0.5, 0.6) is 11.5 Å². The Morgan fingerprint density at radius 3 is 2.29 bits per heavy atom. The lowest BCUT2D eigenvalue weighted by molar-refractivity contribution is -0.164. The normalized spacial score (nSPS) is 16.9. The fourth-order valence-corrected chi connectivity index (χ4v) is 8.78. The number of likely N-dealkylation sites (tertiary alicyclic amines) is 2. The van der Waals surface area contributed by atoms with Gasteiger partial charge in [-0.25, -0.2) is 4.79 Å². The van der Waals surface area contributed by atoms with Crippen LogP contribution in [0.15, 0.2) is 138 Å². The van der Waals surface area contributed by atoms with Crippen molar-refractivity contribution in [3.05, 3.63) is 177 Å². The summed E-state index contributed by atoms with van der Waals surface area (Å²) in [5.74, 6) is -0.917. The minimum absolute atomic E-state index is 0.0752. The third-order valence-corrected chi connectivity index (χ3v) is 12.5. The van der Waals surface area contributed by atoms with Crippen LogP contribution in [0, 0.1) is 5.92 Å². The van der Waals surface area contributed by atoms with Gasteiger partial charge in [-0.15, -0.1) is 0 Å². The minimum atomic E-state index is -2.12. The number of pyridine rings is 1. The largest absolute Gasteiger partial charge is 0.506 e. The summed E-state index contributed by atoms with van der Waals surface area (Å²) < 4.78 is 11.7. The van der Waals surface area contributed by atoms with E-state index in [0.717, 1.165) is 38.0 Å². The van der Waals surface area contributed by atoms with Crippen molar-refractivity contribution in [1.82, 2.24) is 25.4 Å². The number of hydrogen-bond acceptors (Lipinski definition) is 11. The third-order valence-electron chi connectivity index (χ3n) is 12.5. The van der Waals surface area contributed by atoms with E-state index in [1.807, 2.05) is 30.3 Å². The highest BCUT2D eigenvalue weighted by atomic mass is 16.5. The molecule has 0 unspecified atom stereocenters. The van der Waals surface area contributed by atoms with E-state index in [0.29, 0.717) is 53.9 Å². The van der Waals surface area contributed by atoms with Crippen molar-refractivity contribution in [1.29, 1.82) is 0 Å². The first-order valence-corrected chi connectivity index (χ1v) is 22.4. The molecule has 342 valence electrons. The van der Waals surface area contributed by atoms with Gasteiger partial charge in [-0.1, -0.05) is 91.0 Å². The van der Waals surface area contributed by atoms with Crippen LogP contribution in [0.25, 0.3) is 10.9 Å². The predicted octanol–water partition coefficient (Wildman–Crippen LogP) is 5.16. The molecule has 66 heavy (non-hydrogen) atoms. The molecule has 0 spiro atoms. The summed E-state index contributed by atoms with van der Waals surface area (Å²) in [5.41, 5.74) is 1.66. The van der Waals surface area contributed by atoms with E-state index < -0.39 is 17.7 Å². The van der Waals surface area contributed by atoms with Gasteiger partial charge in [-0.05, 0) is 96.9 Å². The Bertz CT molecular complexity index is 2670. The van der Waals surface area contributed by atoms with Crippen molar-refractivity contribution in [2.24, 2.45) is 5.92 Å². The molecule has 1 aromatic heterocycles. The lowest BCUT2D eigenvalue weighted by atomic mass is 9.86. The quantitative estimate of drug-likeness (QED) is 0.0663. The van der Waals surface area contributed by atoms with Crippen molar-refractivity contribution in [2.45, 2.75) is 50.1 Å². The molecule has 2 aliphatic heterocycles. The number of carbonyl (C=O) groups is 3. The molecule has 0 saturated carbocycles. The maximum absolute atomic E-state index is 13.9. The Hall–Kier alpha value is -6.84. The Balaban J connectivity index is 0.793. The zero-order chi connectivity index (χ0) is 46.0. The van der Waals surface area contributed by atoms with Gasteiger partial charge in [0.2, 0.25) is 11.2 Å². The monoisotopic (exact) mass is 893 g/mol. The first-order chi connectivity index (χ1) is 32.0. The number of carbonyl (C=O) groups excluding carboxylic acids is 3. The number of hydrogen-bond donors (Lipinski definition) is 6. The van der Waals surface area contributed by atoms with Crippen molar-refractivity contribution in [3.8, 4) is 11.5 Å². The van der Waals surface area contributed by atoms with Gasteiger partial charge in [-0.2, -0.15) is 0 Å². The zero-order valence-electron chi connectivity index (χ0n) is 36.6. The second-order valence-electron chi connectivity index (χ2n) is 17.1. The summed E-state index contributed by atoms with van der Waals surface area (Å²) in [6.07, 6.45) is 1.42. The summed E-state index contributed by atoms with van der Waals surface area (Å²) in [4.78, 5) is 58.8. The average Bonchev–Trinajstić information content (AvgIpc) is 3.82. The molecule has 3 heterocycles. The fourth-order valence-electron chi connectivity index (χ4n) is 8.78. The predicted molar refractivity (Wildman–Crippen MR) is 249 cm³/mol. The second kappa shape index (κ2) is 21.0. The Morgan fingerprint density at radius 2 is 1.53 bits per heavy atom. The number of H-pyrrole nitrogens is 1. The number of esters is 1. The molecular formula is C52H55N5O9. The van der Waals surface area contributed by atoms with Gasteiger partial charge in [0, 0.05) is 61.3 Å². The minimum Gasteiger partial charge on any atom is -0.506 e. The molecule has 2 amide bonds. The van der Waals surface area contributed by atoms with Gasteiger partial charge in [0.25, 0.3) is 11.8 Å². The summed E-state index contributed by atoms with van der Waals surface area (Å²) in [5, 5.41) is 39.9. The summed E-state index contributed by atoms with van der Waals surface area (Å²) in [6.45, 7) is 3.99. The maximum atomic E-state index is 13.9. The van der Waals surface area contributed by atoms with Crippen molar-refractivity contribution in [3.63, 3.8) is 0 Å². The first-order valence-electron chi connectivity index (χ1n) is 22.4. The lowest BCUT2D eigenvalue weighted by Crippen LogP contribution is -2.41. The molecule has 14 nitrogen and oxygen atoms in total. The van der Waals surface area contributed by atoms with Crippen LogP contribution < -0.4 is 20.9 Å². The number of aromatic hydroxyl groups is 1. The maximum Gasteiger partial charge on any atom is 0.347 e. The van der Waals surface area contributed by atoms with Crippen LogP contribution in [0.4, 0.5) is 0 Å². The summed E-state index contributed by atoms with van der Waals surface area (Å²) in [6, 6.07) is 38.4. The van der Waals surface area contributed by atoms with Crippen LogP contribution in [-0.4, -0.2) is 99.9 Å². The van der Waals surface area contributed by atoms with Gasteiger partial charge in [0.05, 0.1) is 18.2 Å². The van der Waals surface area contributed by atoms with Gasteiger partial charge < -0.3 is 45.3 Å². The SMILES string of the molecule is O=C(COc1cccc([C@](O)(C(=O)OCC2CCN(Cc3ccccc3)CC2)c2ccccc2)c1)N[C@@H]1CCN(C(=O)c2ccc(CNC[C@H](O)c3ccc(O)c4[nH]c(=O)ccc34)cc2)C1. The van der Waals surface area contributed by atoms with Crippen LogP contribution in [0.1, 0.15) is 63.5 Å². The van der Waals surface area contributed by atoms with E-state index in [-0.39, 0.29) is 65.9 Å². The molecule has 8 rings (SSSR count). The lowest BCUT2D eigenvalue weighted by Gasteiger charge is -2.33. The summed E-state index contributed by atoms with van der Waals surface area (Å²) in [7, 11) is 0. The summed E-state index contributed by atoms with van der Waals surface area (Å²) >= 11 is 0. The zero-order valence-corrected chi connectivity index (χ0v) is 36.6.